The first-order valence-corrected chi connectivity index (χ1v) is 6.23. The topological polar surface area (TPSA) is 84.2 Å². The lowest BCUT2D eigenvalue weighted by molar-refractivity contribution is 0.262. The molecule has 1 aromatic carbocycles. The number of nitrogens with one attached hydrogen (secondary N) is 2. The van der Waals surface area contributed by atoms with Crippen molar-refractivity contribution in [2.45, 2.75) is 0 Å². The molecule has 2 N–H and O–H groups in total. The molecule has 0 saturated carbocycles. The lowest BCUT2D eigenvalue weighted by Crippen LogP contribution is -2.19. The summed E-state index contributed by atoms with van der Waals surface area (Å²) in [6, 6.07) is 11.1. The summed E-state index contributed by atoms with van der Waals surface area (Å²) in [7, 11) is 0. The highest BCUT2D eigenvalue weighted by Gasteiger charge is 2.04. The minimum Gasteiger partial charge on any atom is -0.423 e. The fraction of sp³-hybridized carbons (Fsp3) is 0. The molecule has 0 aliphatic heterocycles. The molecule has 0 atom stereocenters. The molecular formula is C15H11N3O3. The lowest BCUT2D eigenvalue weighted by Gasteiger charge is -2.07. The zero-order valence-electron chi connectivity index (χ0n) is 10.9. The molecule has 2 amide bonds. The van der Waals surface area contributed by atoms with Gasteiger partial charge in [-0.05, 0) is 36.4 Å². The number of carbonyl (C=O) groups excluding carboxylic acids is 1. The molecule has 6 heteroatoms. The summed E-state index contributed by atoms with van der Waals surface area (Å²) < 4.78 is 5.03. The van der Waals surface area contributed by atoms with E-state index in [4.69, 9.17) is 4.42 Å². The summed E-state index contributed by atoms with van der Waals surface area (Å²) in [6.45, 7) is 0. The molecule has 104 valence electrons. The van der Waals surface area contributed by atoms with Gasteiger partial charge in [0, 0.05) is 23.3 Å². The van der Waals surface area contributed by atoms with E-state index in [1.54, 1.807) is 48.8 Å². The van der Waals surface area contributed by atoms with Gasteiger partial charge in [0.1, 0.15) is 5.58 Å². The molecule has 0 saturated heterocycles. The summed E-state index contributed by atoms with van der Waals surface area (Å²) in [4.78, 5) is 26.9. The van der Waals surface area contributed by atoms with Crippen LogP contribution in [-0.2, 0) is 0 Å². The van der Waals surface area contributed by atoms with Crippen molar-refractivity contribution in [1.29, 1.82) is 0 Å². The second kappa shape index (κ2) is 5.46. The van der Waals surface area contributed by atoms with E-state index in [1.165, 1.54) is 6.07 Å². The van der Waals surface area contributed by atoms with Gasteiger partial charge in [0.2, 0.25) is 0 Å². The van der Waals surface area contributed by atoms with Gasteiger partial charge >= 0.3 is 11.7 Å². The van der Waals surface area contributed by atoms with E-state index in [-0.39, 0.29) is 6.03 Å². The second-order valence-electron chi connectivity index (χ2n) is 4.33. The van der Waals surface area contributed by atoms with E-state index in [1.807, 2.05) is 0 Å². The summed E-state index contributed by atoms with van der Waals surface area (Å²) in [5, 5.41) is 6.09. The van der Waals surface area contributed by atoms with Crippen LogP contribution in [0.3, 0.4) is 0 Å². The van der Waals surface area contributed by atoms with Crippen molar-refractivity contribution in [3.63, 3.8) is 0 Å². The van der Waals surface area contributed by atoms with Crippen molar-refractivity contribution in [2.75, 3.05) is 10.6 Å². The van der Waals surface area contributed by atoms with Crippen LogP contribution in [0.15, 0.2) is 64.1 Å². The molecule has 3 rings (SSSR count). The number of benzene rings is 1. The Kier molecular flexibility index (Phi) is 3.34. The molecule has 0 aliphatic rings. The molecule has 0 aliphatic carbocycles. The molecular weight excluding hydrogens is 270 g/mol. The Hall–Kier alpha value is -3.15. The number of aromatic nitrogens is 1. The van der Waals surface area contributed by atoms with Gasteiger partial charge in [-0.2, -0.15) is 0 Å². The summed E-state index contributed by atoms with van der Waals surface area (Å²) in [6.07, 6.45) is 3.18. The zero-order valence-corrected chi connectivity index (χ0v) is 10.9. The number of hydrogen-bond donors (Lipinski definition) is 2. The minimum absolute atomic E-state index is 0.375. The summed E-state index contributed by atoms with van der Waals surface area (Å²) >= 11 is 0. The number of urea groups is 1. The highest BCUT2D eigenvalue weighted by molar-refractivity contribution is 6.00. The smallest absolute Gasteiger partial charge is 0.336 e. The number of rotatable bonds is 2. The van der Waals surface area contributed by atoms with Gasteiger partial charge in [-0.25, -0.2) is 9.59 Å². The Morgan fingerprint density at radius 1 is 1.05 bits per heavy atom. The van der Waals surface area contributed by atoms with E-state index < -0.39 is 5.63 Å². The second-order valence-corrected chi connectivity index (χ2v) is 4.33. The van der Waals surface area contributed by atoms with Gasteiger partial charge in [0.05, 0.1) is 11.9 Å². The first-order chi connectivity index (χ1) is 10.2. The minimum atomic E-state index is -0.405. The number of fused-ring (bicyclic) bond motifs is 1. The van der Waals surface area contributed by atoms with Gasteiger partial charge in [0.25, 0.3) is 0 Å². The third-order valence-electron chi connectivity index (χ3n) is 2.80. The van der Waals surface area contributed by atoms with Crippen molar-refractivity contribution >= 4 is 28.4 Å². The zero-order chi connectivity index (χ0) is 14.7. The van der Waals surface area contributed by atoms with Crippen LogP contribution in [-0.4, -0.2) is 11.0 Å². The number of anilines is 2. The van der Waals surface area contributed by atoms with Crippen molar-refractivity contribution in [2.24, 2.45) is 0 Å². The van der Waals surface area contributed by atoms with Crippen molar-refractivity contribution < 1.29 is 9.21 Å². The van der Waals surface area contributed by atoms with E-state index in [0.29, 0.717) is 17.0 Å². The number of amides is 2. The Morgan fingerprint density at radius 2 is 1.90 bits per heavy atom. The van der Waals surface area contributed by atoms with Crippen molar-refractivity contribution in [1.82, 2.24) is 4.98 Å². The Balaban J connectivity index is 1.77. The molecule has 0 unspecified atom stereocenters. The average molecular weight is 281 g/mol. The fourth-order valence-electron chi connectivity index (χ4n) is 1.88. The molecule has 0 bridgehead atoms. The Bertz CT molecular complexity index is 843. The highest BCUT2D eigenvalue weighted by atomic mass is 16.4. The lowest BCUT2D eigenvalue weighted by atomic mass is 10.2. The van der Waals surface area contributed by atoms with E-state index in [0.717, 1.165) is 5.39 Å². The molecule has 0 radical (unpaired) electrons. The van der Waals surface area contributed by atoms with Gasteiger partial charge in [0.15, 0.2) is 0 Å². The van der Waals surface area contributed by atoms with Crippen LogP contribution in [0.5, 0.6) is 0 Å². The molecule has 3 aromatic rings. The number of carbonyl (C=O) groups is 1. The normalized spacial score (nSPS) is 10.3. The number of nitrogens with zero attached hydrogens (tertiary/aromatic N) is 1. The van der Waals surface area contributed by atoms with E-state index in [9.17, 15) is 9.59 Å². The highest BCUT2D eigenvalue weighted by Crippen LogP contribution is 2.17. The maximum Gasteiger partial charge on any atom is 0.336 e. The standard InChI is InChI=1S/C15H11N3O3/c19-14-6-3-10-8-11(4-5-13(10)21-14)17-15(20)18-12-2-1-7-16-9-12/h1-9H,(H2,17,18,20). The van der Waals surface area contributed by atoms with Crippen molar-refractivity contribution in [3.05, 3.63) is 65.3 Å². The van der Waals surface area contributed by atoms with Crippen LogP contribution in [0.25, 0.3) is 11.0 Å². The quantitative estimate of drug-likeness (QED) is 0.707. The van der Waals surface area contributed by atoms with Gasteiger partial charge in [-0.3, -0.25) is 4.98 Å². The summed E-state index contributed by atoms with van der Waals surface area (Å²) in [5.41, 5.74) is 1.26. The molecule has 2 heterocycles. The van der Waals surface area contributed by atoms with Crippen LogP contribution in [0.2, 0.25) is 0 Å². The van der Waals surface area contributed by atoms with Gasteiger partial charge in [-0.15, -0.1) is 0 Å². The van der Waals surface area contributed by atoms with Gasteiger partial charge < -0.3 is 15.1 Å². The maximum atomic E-state index is 11.8. The van der Waals surface area contributed by atoms with Crippen LogP contribution in [0, 0.1) is 0 Å². The van der Waals surface area contributed by atoms with Gasteiger partial charge in [-0.1, -0.05) is 0 Å². The van der Waals surface area contributed by atoms with Crippen LogP contribution in [0.4, 0.5) is 16.2 Å². The predicted octanol–water partition coefficient (Wildman–Crippen LogP) is 2.83. The molecule has 21 heavy (non-hydrogen) atoms. The first-order valence-electron chi connectivity index (χ1n) is 6.23. The maximum absolute atomic E-state index is 11.8. The van der Waals surface area contributed by atoms with Crippen LogP contribution >= 0.6 is 0 Å². The molecule has 2 aromatic heterocycles. The Morgan fingerprint density at radius 3 is 2.71 bits per heavy atom. The van der Waals surface area contributed by atoms with E-state index >= 15 is 0 Å². The molecule has 6 nitrogen and oxygen atoms in total. The average Bonchev–Trinajstić information content (AvgIpc) is 2.48. The SMILES string of the molecule is O=C(Nc1cccnc1)Nc1ccc2oc(=O)ccc2c1. The monoisotopic (exact) mass is 281 g/mol. The van der Waals surface area contributed by atoms with E-state index in [2.05, 4.69) is 15.6 Å². The molecule has 0 spiro atoms. The van der Waals surface area contributed by atoms with Crippen molar-refractivity contribution in [3.8, 4) is 0 Å². The third-order valence-corrected chi connectivity index (χ3v) is 2.80. The number of hydrogen-bond acceptors (Lipinski definition) is 4. The largest absolute Gasteiger partial charge is 0.423 e. The third kappa shape index (κ3) is 3.06. The summed E-state index contributed by atoms with van der Waals surface area (Å²) in [5.74, 6) is 0. The fourth-order valence-corrected chi connectivity index (χ4v) is 1.88. The number of pyridine rings is 1. The Labute approximate surface area is 119 Å². The first kappa shape index (κ1) is 12.9. The molecule has 0 fully saturated rings. The van der Waals surface area contributed by atoms with Crippen LogP contribution < -0.4 is 16.3 Å². The van der Waals surface area contributed by atoms with Crippen LogP contribution in [0.1, 0.15) is 0 Å². The predicted molar refractivity (Wildman–Crippen MR) is 79.4 cm³/mol.